The van der Waals surface area contributed by atoms with E-state index in [4.69, 9.17) is 0 Å². The highest BCUT2D eigenvalue weighted by Crippen LogP contribution is 2.25. The number of nitrogens with zero attached hydrogens (tertiary/aromatic N) is 3. The quantitative estimate of drug-likeness (QED) is 0.684. The van der Waals surface area contributed by atoms with Crippen molar-refractivity contribution in [2.45, 2.75) is 25.9 Å². The van der Waals surface area contributed by atoms with Crippen molar-refractivity contribution in [1.82, 2.24) is 14.9 Å². The Hall–Kier alpha value is -2.89. The summed E-state index contributed by atoms with van der Waals surface area (Å²) < 4.78 is 27.4. The molecular weight excluding hydrogens is 360 g/mol. The molecule has 0 N–H and O–H groups in total. The van der Waals surface area contributed by atoms with Gasteiger partial charge in [-0.15, -0.1) is 0 Å². The molecule has 3 heterocycles. The highest BCUT2D eigenvalue weighted by Gasteiger charge is 2.28. The van der Waals surface area contributed by atoms with E-state index in [-0.39, 0.29) is 30.6 Å². The number of amides is 1. The highest BCUT2D eigenvalue weighted by atomic mass is 19.1. The highest BCUT2D eigenvalue weighted by molar-refractivity contribution is 5.88. The van der Waals surface area contributed by atoms with Crippen LogP contribution in [-0.2, 0) is 11.2 Å². The Balaban J connectivity index is 1.56. The molecule has 1 aromatic carbocycles. The predicted octanol–water partition coefficient (Wildman–Crippen LogP) is 4.18. The van der Waals surface area contributed by atoms with Crippen molar-refractivity contribution in [3.05, 3.63) is 60.4 Å². The van der Waals surface area contributed by atoms with Gasteiger partial charge in [0.15, 0.2) is 0 Å². The number of halogens is 2. The monoisotopic (exact) mass is 381 g/mol. The van der Waals surface area contributed by atoms with Crippen LogP contribution in [0.1, 0.15) is 19.0 Å². The largest absolute Gasteiger partial charge is 0.339 e. The molecule has 0 bridgehead atoms. The number of hydrogen-bond acceptors (Lipinski definition) is 3. The molecule has 1 fully saturated rings. The van der Waals surface area contributed by atoms with Crippen LogP contribution in [0.25, 0.3) is 21.9 Å². The van der Waals surface area contributed by atoms with E-state index in [1.807, 2.05) is 31.2 Å². The molecule has 0 unspecified atom stereocenters. The van der Waals surface area contributed by atoms with Gasteiger partial charge in [0.05, 0.1) is 24.9 Å². The number of fused-ring (bicyclic) bond motifs is 1. The van der Waals surface area contributed by atoms with Crippen LogP contribution in [0.2, 0.25) is 0 Å². The van der Waals surface area contributed by atoms with Gasteiger partial charge in [0, 0.05) is 29.9 Å². The van der Waals surface area contributed by atoms with Gasteiger partial charge in [-0.1, -0.05) is 19.1 Å². The fraction of sp³-hybridized carbons (Fsp3) is 0.318. The molecule has 1 aliphatic rings. The minimum Gasteiger partial charge on any atom is -0.339 e. The van der Waals surface area contributed by atoms with E-state index in [9.17, 15) is 13.6 Å². The van der Waals surface area contributed by atoms with Crippen LogP contribution in [0.15, 0.2) is 48.9 Å². The number of pyridine rings is 2. The van der Waals surface area contributed by atoms with Crippen molar-refractivity contribution in [3.63, 3.8) is 0 Å². The van der Waals surface area contributed by atoms with Crippen molar-refractivity contribution < 1.29 is 13.6 Å². The zero-order chi connectivity index (χ0) is 19.7. The molecule has 0 aliphatic carbocycles. The summed E-state index contributed by atoms with van der Waals surface area (Å²) >= 11 is 0. The van der Waals surface area contributed by atoms with Crippen molar-refractivity contribution in [2.75, 3.05) is 13.1 Å². The number of piperidine rings is 1. The Morgan fingerprint density at radius 2 is 2.00 bits per heavy atom. The SMILES string of the molecule is C[C@H]1CCN(C(=O)Cc2cc3cc(-c4cncc(F)c4)ccc3cn2)C[C@@H]1F. The van der Waals surface area contributed by atoms with Crippen molar-refractivity contribution in [2.24, 2.45) is 5.92 Å². The molecule has 6 heteroatoms. The summed E-state index contributed by atoms with van der Waals surface area (Å²) in [6, 6.07) is 9.03. The van der Waals surface area contributed by atoms with Crippen LogP contribution < -0.4 is 0 Å². The van der Waals surface area contributed by atoms with Crippen molar-refractivity contribution >= 4 is 16.7 Å². The molecule has 2 aromatic heterocycles. The molecule has 144 valence electrons. The lowest BCUT2D eigenvalue weighted by Crippen LogP contribution is -2.44. The number of alkyl halides is 1. The van der Waals surface area contributed by atoms with E-state index in [0.717, 1.165) is 16.3 Å². The third kappa shape index (κ3) is 3.86. The van der Waals surface area contributed by atoms with E-state index < -0.39 is 6.17 Å². The van der Waals surface area contributed by atoms with Crippen LogP contribution in [-0.4, -0.2) is 40.0 Å². The summed E-state index contributed by atoms with van der Waals surface area (Å²) in [7, 11) is 0. The molecule has 4 rings (SSSR count). The average molecular weight is 381 g/mol. The number of carbonyl (C=O) groups excluding carboxylic acids is 1. The third-order valence-corrected chi connectivity index (χ3v) is 5.37. The molecule has 0 radical (unpaired) electrons. The molecular formula is C22H21F2N3O. The lowest BCUT2D eigenvalue weighted by molar-refractivity contribution is -0.133. The topological polar surface area (TPSA) is 46.1 Å². The molecule has 3 aromatic rings. The second kappa shape index (κ2) is 7.62. The standard InChI is InChI=1S/C22H21F2N3O/c1-14-4-5-27(13-21(14)24)22(28)9-20-8-17-6-15(2-3-16(17)11-26-20)18-7-19(23)12-25-10-18/h2-3,6-8,10-12,14,21H,4-5,9,13H2,1H3/t14-,21-/m0/s1. The van der Waals surface area contributed by atoms with Crippen LogP contribution >= 0.6 is 0 Å². The van der Waals surface area contributed by atoms with E-state index in [2.05, 4.69) is 9.97 Å². The fourth-order valence-corrected chi connectivity index (χ4v) is 3.55. The van der Waals surface area contributed by atoms with Crippen LogP contribution in [0.4, 0.5) is 8.78 Å². The molecule has 28 heavy (non-hydrogen) atoms. The van der Waals surface area contributed by atoms with Gasteiger partial charge in [0.25, 0.3) is 0 Å². The molecule has 2 atom stereocenters. The van der Waals surface area contributed by atoms with Gasteiger partial charge in [-0.2, -0.15) is 0 Å². The smallest absolute Gasteiger partial charge is 0.228 e. The molecule has 4 nitrogen and oxygen atoms in total. The Labute approximate surface area is 162 Å². The zero-order valence-corrected chi connectivity index (χ0v) is 15.6. The van der Waals surface area contributed by atoms with Gasteiger partial charge in [0.2, 0.25) is 5.91 Å². The number of likely N-dealkylation sites (tertiary alicyclic amines) is 1. The van der Waals surface area contributed by atoms with Crippen molar-refractivity contribution in [1.29, 1.82) is 0 Å². The van der Waals surface area contributed by atoms with E-state index in [0.29, 0.717) is 24.2 Å². The van der Waals surface area contributed by atoms with Gasteiger partial charge in [-0.05, 0) is 41.5 Å². The van der Waals surface area contributed by atoms with Crippen LogP contribution in [0, 0.1) is 11.7 Å². The van der Waals surface area contributed by atoms with Gasteiger partial charge in [-0.25, -0.2) is 8.78 Å². The maximum Gasteiger partial charge on any atom is 0.228 e. The van der Waals surface area contributed by atoms with Gasteiger partial charge in [0.1, 0.15) is 12.0 Å². The molecule has 1 saturated heterocycles. The summed E-state index contributed by atoms with van der Waals surface area (Å²) in [6.45, 7) is 2.62. The second-order valence-electron chi connectivity index (χ2n) is 7.43. The van der Waals surface area contributed by atoms with E-state index >= 15 is 0 Å². The summed E-state index contributed by atoms with van der Waals surface area (Å²) in [5.41, 5.74) is 2.17. The lowest BCUT2D eigenvalue weighted by atomic mass is 9.97. The summed E-state index contributed by atoms with van der Waals surface area (Å²) in [5, 5.41) is 1.84. The Morgan fingerprint density at radius 3 is 2.79 bits per heavy atom. The first kappa shape index (κ1) is 18.5. The first-order chi connectivity index (χ1) is 13.5. The number of carbonyl (C=O) groups is 1. The second-order valence-corrected chi connectivity index (χ2v) is 7.43. The molecule has 1 amide bonds. The summed E-state index contributed by atoms with van der Waals surface area (Å²) in [4.78, 5) is 22.4. The molecule has 0 spiro atoms. The first-order valence-electron chi connectivity index (χ1n) is 9.41. The van der Waals surface area contributed by atoms with Gasteiger partial charge < -0.3 is 4.90 Å². The number of aromatic nitrogens is 2. The normalized spacial score (nSPS) is 19.8. The zero-order valence-electron chi connectivity index (χ0n) is 15.6. The van der Waals surface area contributed by atoms with Gasteiger partial charge in [-0.3, -0.25) is 14.8 Å². The fourth-order valence-electron chi connectivity index (χ4n) is 3.55. The van der Waals surface area contributed by atoms with E-state index in [1.165, 1.54) is 12.3 Å². The first-order valence-corrected chi connectivity index (χ1v) is 9.41. The number of rotatable bonds is 3. The Bertz CT molecular complexity index is 1020. The Kier molecular flexibility index (Phi) is 5.03. The van der Waals surface area contributed by atoms with E-state index in [1.54, 1.807) is 17.3 Å². The maximum atomic E-state index is 13.9. The number of benzene rings is 1. The number of hydrogen-bond donors (Lipinski definition) is 0. The van der Waals surface area contributed by atoms with Crippen molar-refractivity contribution in [3.8, 4) is 11.1 Å². The van der Waals surface area contributed by atoms with Crippen LogP contribution in [0.3, 0.4) is 0 Å². The lowest BCUT2D eigenvalue weighted by Gasteiger charge is -2.33. The maximum absolute atomic E-state index is 13.9. The minimum absolute atomic E-state index is 0.00132. The van der Waals surface area contributed by atoms with Crippen LogP contribution in [0.5, 0.6) is 0 Å². The third-order valence-electron chi connectivity index (χ3n) is 5.37. The minimum atomic E-state index is -0.968. The summed E-state index contributed by atoms with van der Waals surface area (Å²) in [6.07, 6.45) is 4.36. The summed E-state index contributed by atoms with van der Waals surface area (Å²) in [5.74, 6) is -0.494. The molecule has 1 aliphatic heterocycles. The molecule has 0 saturated carbocycles. The average Bonchev–Trinajstić information content (AvgIpc) is 2.69. The predicted molar refractivity (Wildman–Crippen MR) is 104 cm³/mol. The van der Waals surface area contributed by atoms with Gasteiger partial charge >= 0.3 is 0 Å². The Morgan fingerprint density at radius 1 is 1.14 bits per heavy atom.